The fraction of sp³-hybridized carbons (Fsp3) is 0.500. The molecule has 2 aromatic rings. The topological polar surface area (TPSA) is 116 Å². The van der Waals surface area contributed by atoms with Crippen LogP contribution in [-0.2, 0) is 11.2 Å². The van der Waals surface area contributed by atoms with Crippen LogP contribution in [0.25, 0.3) is 11.4 Å². The first-order chi connectivity index (χ1) is 13.5. The van der Waals surface area contributed by atoms with Crippen molar-refractivity contribution < 1.29 is 14.3 Å². The minimum Gasteiger partial charge on any atom is -0.439 e. The Kier molecular flexibility index (Phi) is 4.84. The molecule has 0 saturated carbocycles. The number of carbonyl (C=O) groups is 2. The predicted molar refractivity (Wildman–Crippen MR) is 99.4 cm³/mol. The van der Waals surface area contributed by atoms with Crippen LogP contribution >= 0.6 is 0 Å². The Morgan fingerprint density at radius 1 is 1.43 bits per heavy atom. The van der Waals surface area contributed by atoms with Crippen LogP contribution in [0.2, 0.25) is 0 Å². The van der Waals surface area contributed by atoms with Gasteiger partial charge in [0.1, 0.15) is 11.4 Å². The highest BCUT2D eigenvalue weighted by molar-refractivity contribution is 5.75. The van der Waals surface area contributed by atoms with Crippen LogP contribution in [0.1, 0.15) is 18.7 Å². The summed E-state index contributed by atoms with van der Waals surface area (Å²) in [5.74, 6) is 1.28. The number of rotatable bonds is 4. The van der Waals surface area contributed by atoms with E-state index in [9.17, 15) is 9.59 Å². The summed E-state index contributed by atoms with van der Waals surface area (Å²) >= 11 is 0. The van der Waals surface area contributed by atoms with Gasteiger partial charge in [-0.15, -0.1) is 0 Å². The van der Waals surface area contributed by atoms with Crippen LogP contribution in [0.3, 0.4) is 0 Å². The number of H-pyrrole nitrogens is 1. The number of aromatic nitrogens is 4. The van der Waals surface area contributed by atoms with Gasteiger partial charge in [-0.25, -0.2) is 14.6 Å². The minimum atomic E-state index is -0.578. The Balaban J connectivity index is 1.28. The number of piperidine rings is 1. The largest absolute Gasteiger partial charge is 0.439 e. The lowest BCUT2D eigenvalue weighted by atomic mass is 9.93. The van der Waals surface area contributed by atoms with E-state index in [-0.39, 0.29) is 12.1 Å². The third kappa shape index (κ3) is 3.75. The fourth-order valence-corrected chi connectivity index (χ4v) is 3.71. The number of aromatic amines is 1. The lowest BCUT2D eigenvalue weighted by Crippen LogP contribution is -2.54. The highest BCUT2D eigenvalue weighted by Gasteiger charge is 2.47. The van der Waals surface area contributed by atoms with Crippen molar-refractivity contribution in [1.29, 1.82) is 0 Å². The molecule has 2 aromatic heterocycles. The van der Waals surface area contributed by atoms with E-state index in [1.807, 2.05) is 12.1 Å². The number of likely N-dealkylation sites (tertiary alicyclic amines) is 1. The summed E-state index contributed by atoms with van der Waals surface area (Å²) in [4.78, 5) is 36.0. The monoisotopic (exact) mass is 385 g/mol. The summed E-state index contributed by atoms with van der Waals surface area (Å²) in [7, 11) is 1.72. The van der Waals surface area contributed by atoms with Gasteiger partial charge in [0.2, 0.25) is 0 Å². The maximum absolute atomic E-state index is 12.5. The smallest absolute Gasteiger partial charge is 0.410 e. The molecule has 3 amide bonds. The molecular weight excluding hydrogens is 362 g/mol. The number of nitrogens with one attached hydrogen (secondary N) is 2. The molecule has 0 radical (unpaired) electrons. The van der Waals surface area contributed by atoms with Gasteiger partial charge in [-0.05, 0) is 25.0 Å². The van der Waals surface area contributed by atoms with Crippen molar-refractivity contribution in [2.75, 3.05) is 33.2 Å². The van der Waals surface area contributed by atoms with Crippen LogP contribution in [0.4, 0.5) is 9.59 Å². The second-order valence-electron chi connectivity index (χ2n) is 7.26. The van der Waals surface area contributed by atoms with Crippen molar-refractivity contribution in [3.05, 3.63) is 30.4 Å². The van der Waals surface area contributed by atoms with Gasteiger partial charge in [0.25, 0.3) is 0 Å². The molecular formula is C18H23N7O3. The van der Waals surface area contributed by atoms with E-state index in [1.54, 1.807) is 29.2 Å². The maximum Gasteiger partial charge on any atom is 0.410 e. The van der Waals surface area contributed by atoms with E-state index in [1.165, 1.54) is 0 Å². The average Bonchev–Trinajstić information content (AvgIpc) is 3.27. The molecule has 10 nitrogen and oxygen atoms in total. The molecule has 2 aliphatic heterocycles. The van der Waals surface area contributed by atoms with Crippen LogP contribution in [0.15, 0.2) is 24.5 Å². The van der Waals surface area contributed by atoms with E-state index >= 15 is 0 Å². The number of likely N-dealkylation sites (N-methyl/N-ethyl adjacent to an activating group) is 1. The van der Waals surface area contributed by atoms with Crippen LogP contribution in [-0.4, -0.2) is 80.9 Å². The van der Waals surface area contributed by atoms with E-state index in [0.717, 1.165) is 18.4 Å². The molecule has 2 saturated heterocycles. The molecule has 0 bridgehead atoms. The van der Waals surface area contributed by atoms with Gasteiger partial charge in [0, 0.05) is 44.5 Å². The summed E-state index contributed by atoms with van der Waals surface area (Å²) in [6.45, 7) is 2.03. The molecule has 2 N–H and O–H groups in total. The van der Waals surface area contributed by atoms with E-state index < -0.39 is 5.60 Å². The van der Waals surface area contributed by atoms with Gasteiger partial charge in [-0.3, -0.25) is 10.1 Å². The standard InChI is InChI=1S/C18H23N7O3/c1-24-11-18(28-17(24)27)6-3-9-25(12-18)16(26)20-8-5-14-21-15(23-22-14)13-4-2-7-19-10-13/h2,4,7,10H,3,5-6,8-9,11-12H2,1H3,(H,20,26)(H,21,22,23)/t18-/m1/s1. The number of hydrogen-bond acceptors (Lipinski definition) is 6. The van der Waals surface area contributed by atoms with Gasteiger partial charge in [-0.1, -0.05) is 0 Å². The van der Waals surface area contributed by atoms with Gasteiger partial charge >= 0.3 is 12.1 Å². The molecule has 0 aromatic carbocycles. The Morgan fingerprint density at radius 3 is 3.07 bits per heavy atom. The molecule has 2 aliphatic rings. The van der Waals surface area contributed by atoms with Crippen molar-refractivity contribution >= 4 is 12.1 Å². The van der Waals surface area contributed by atoms with Crippen molar-refractivity contribution in [2.24, 2.45) is 0 Å². The van der Waals surface area contributed by atoms with Gasteiger partial charge in [0.05, 0.1) is 13.1 Å². The molecule has 4 rings (SSSR count). The Labute approximate surface area is 162 Å². The van der Waals surface area contributed by atoms with Gasteiger partial charge in [0.15, 0.2) is 5.82 Å². The normalized spacial score (nSPS) is 21.8. The number of amides is 3. The van der Waals surface area contributed by atoms with E-state index in [2.05, 4.69) is 25.5 Å². The maximum atomic E-state index is 12.5. The third-order valence-electron chi connectivity index (χ3n) is 5.06. The molecule has 2 fully saturated rings. The van der Waals surface area contributed by atoms with Crippen molar-refractivity contribution in [3.63, 3.8) is 0 Å². The molecule has 10 heteroatoms. The highest BCUT2D eigenvalue weighted by Crippen LogP contribution is 2.31. The highest BCUT2D eigenvalue weighted by atomic mass is 16.6. The zero-order valence-corrected chi connectivity index (χ0v) is 15.7. The number of nitrogens with zero attached hydrogens (tertiary/aromatic N) is 5. The van der Waals surface area contributed by atoms with Crippen molar-refractivity contribution in [1.82, 2.24) is 35.3 Å². The summed E-state index contributed by atoms with van der Waals surface area (Å²) in [6.07, 6.45) is 5.20. The minimum absolute atomic E-state index is 0.156. The number of pyridine rings is 1. The first-order valence-corrected chi connectivity index (χ1v) is 9.33. The second-order valence-corrected chi connectivity index (χ2v) is 7.26. The number of urea groups is 1. The molecule has 1 spiro atoms. The molecule has 148 valence electrons. The average molecular weight is 385 g/mol. The molecule has 0 unspecified atom stereocenters. The first-order valence-electron chi connectivity index (χ1n) is 9.33. The second kappa shape index (κ2) is 7.45. The molecule has 1 atom stereocenters. The van der Waals surface area contributed by atoms with E-state index in [0.29, 0.717) is 44.2 Å². The zero-order chi connectivity index (χ0) is 19.6. The number of ether oxygens (including phenoxy) is 1. The SMILES string of the molecule is CN1C[C@@]2(CCCN(C(=O)NCCc3nc(-c4cccnc4)n[nH]3)C2)OC1=O. The Bertz CT molecular complexity index is 856. The van der Waals surface area contributed by atoms with Gasteiger partial charge < -0.3 is 19.9 Å². The Hall–Kier alpha value is -3.17. The van der Waals surface area contributed by atoms with Gasteiger partial charge in [-0.2, -0.15) is 5.10 Å². The molecule has 0 aliphatic carbocycles. The lowest BCUT2D eigenvalue weighted by molar-refractivity contribution is 0.00325. The third-order valence-corrected chi connectivity index (χ3v) is 5.06. The number of carbonyl (C=O) groups excluding carboxylic acids is 2. The predicted octanol–water partition coefficient (Wildman–Crippen LogP) is 1.04. The molecule has 28 heavy (non-hydrogen) atoms. The lowest BCUT2D eigenvalue weighted by Gasteiger charge is -2.38. The summed E-state index contributed by atoms with van der Waals surface area (Å²) in [6, 6.07) is 3.56. The molecule has 4 heterocycles. The van der Waals surface area contributed by atoms with E-state index in [4.69, 9.17) is 4.74 Å². The van der Waals surface area contributed by atoms with Crippen LogP contribution in [0, 0.1) is 0 Å². The summed E-state index contributed by atoms with van der Waals surface area (Å²) in [5, 5.41) is 9.99. The first kappa shape index (κ1) is 18.2. The van der Waals surface area contributed by atoms with Crippen molar-refractivity contribution in [3.8, 4) is 11.4 Å². The number of hydrogen-bond donors (Lipinski definition) is 2. The Morgan fingerprint density at radius 2 is 2.32 bits per heavy atom. The quantitative estimate of drug-likeness (QED) is 0.812. The zero-order valence-electron chi connectivity index (χ0n) is 15.7. The van der Waals surface area contributed by atoms with Crippen molar-refractivity contribution in [2.45, 2.75) is 24.9 Å². The summed E-state index contributed by atoms with van der Waals surface area (Å²) < 4.78 is 5.54. The van der Waals surface area contributed by atoms with Crippen LogP contribution < -0.4 is 5.32 Å². The van der Waals surface area contributed by atoms with Crippen LogP contribution in [0.5, 0.6) is 0 Å². The fourth-order valence-electron chi connectivity index (χ4n) is 3.71. The summed E-state index contributed by atoms with van der Waals surface area (Å²) in [5.41, 5.74) is 0.258.